The molecule has 1 aliphatic rings. The molecule has 7 nitrogen and oxygen atoms in total. The van der Waals surface area contributed by atoms with Crippen molar-refractivity contribution in [3.8, 4) is 17.1 Å². The predicted octanol–water partition coefficient (Wildman–Crippen LogP) is 5.09. The Morgan fingerprint density at radius 2 is 1.93 bits per heavy atom. The molecule has 3 heterocycles. The first-order chi connectivity index (χ1) is 19.1. The molecule has 0 saturated heterocycles. The Morgan fingerprint density at radius 3 is 2.65 bits per heavy atom. The van der Waals surface area contributed by atoms with Gasteiger partial charge in [-0.15, -0.1) is 0 Å². The van der Waals surface area contributed by atoms with Crippen LogP contribution in [0.15, 0.2) is 86.1 Å². The largest absolute Gasteiger partial charge is 0.496 e. The molecule has 11 heteroatoms. The van der Waals surface area contributed by atoms with Gasteiger partial charge in [0.15, 0.2) is 4.80 Å². The number of halogens is 3. The van der Waals surface area contributed by atoms with Crippen LogP contribution >= 0.6 is 11.3 Å². The van der Waals surface area contributed by atoms with Gasteiger partial charge in [0.25, 0.3) is 5.56 Å². The van der Waals surface area contributed by atoms with Gasteiger partial charge in [0.05, 0.1) is 35.1 Å². The summed E-state index contributed by atoms with van der Waals surface area (Å²) in [6, 6.07) is 14.1. The number of thiazole rings is 1. The molecule has 40 heavy (non-hydrogen) atoms. The van der Waals surface area contributed by atoms with Gasteiger partial charge in [-0.25, -0.2) is 9.79 Å². The van der Waals surface area contributed by atoms with Crippen LogP contribution in [0.4, 0.5) is 13.2 Å². The average molecular weight is 569 g/mol. The van der Waals surface area contributed by atoms with Crippen LogP contribution in [0.3, 0.4) is 0 Å². The molecule has 0 N–H and O–H groups in total. The maximum atomic E-state index is 13.8. The number of fused-ring (bicyclic) bond motifs is 1. The zero-order chi connectivity index (χ0) is 28.6. The van der Waals surface area contributed by atoms with E-state index in [-0.39, 0.29) is 33.8 Å². The molecule has 0 bridgehead atoms. The highest BCUT2D eigenvalue weighted by atomic mass is 32.1. The first-order valence-electron chi connectivity index (χ1n) is 12.2. The van der Waals surface area contributed by atoms with Gasteiger partial charge < -0.3 is 13.9 Å². The van der Waals surface area contributed by atoms with Crippen LogP contribution in [-0.4, -0.2) is 24.3 Å². The molecule has 4 aromatic rings. The Kier molecular flexibility index (Phi) is 7.24. The maximum Gasteiger partial charge on any atom is 0.416 e. The first-order valence-corrected chi connectivity index (χ1v) is 13.0. The number of carbonyl (C=O) groups is 1. The minimum atomic E-state index is -4.49. The van der Waals surface area contributed by atoms with E-state index in [9.17, 15) is 22.8 Å². The number of benzene rings is 2. The van der Waals surface area contributed by atoms with E-state index in [1.54, 1.807) is 50.2 Å². The lowest BCUT2D eigenvalue weighted by atomic mass is 9.95. The molecule has 2 aromatic heterocycles. The van der Waals surface area contributed by atoms with E-state index in [0.29, 0.717) is 21.8 Å². The fourth-order valence-corrected chi connectivity index (χ4v) is 5.57. The van der Waals surface area contributed by atoms with Gasteiger partial charge in [-0.1, -0.05) is 41.7 Å². The molecule has 1 aliphatic heterocycles. The molecular weight excluding hydrogens is 545 g/mol. The standard InChI is InChI=1S/C29H23F3N2O5S/c1-4-38-27(36)24-16(2)33-28-34(25(24)20-10-5-6-11-22(20)37-3)26(35)23(40-28)15-19-12-13-21(39-19)17-8-7-9-18(14-17)29(30,31)32/h5-15,25H,4H2,1-3H3/b23-15-. The summed E-state index contributed by atoms with van der Waals surface area (Å²) in [4.78, 5) is 31.7. The highest BCUT2D eigenvalue weighted by Crippen LogP contribution is 2.36. The third-order valence-corrected chi connectivity index (χ3v) is 7.31. The third kappa shape index (κ3) is 5.00. The van der Waals surface area contributed by atoms with Crippen molar-refractivity contribution in [3.05, 3.63) is 109 Å². The molecule has 5 rings (SSSR count). The Hall–Kier alpha value is -4.38. The second-order valence-corrected chi connectivity index (χ2v) is 9.83. The Morgan fingerprint density at radius 1 is 1.15 bits per heavy atom. The summed E-state index contributed by atoms with van der Waals surface area (Å²) in [5, 5.41) is 0. The Labute approximate surface area is 230 Å². The second kappa shape index (κ2) is 10.6. The van der Waals surface area contributed by atoms with Crippen molar-refractivity contribution < 1.29 is 31.9 Å². The van der Waals surface area contributed by atoms with E-state index in [0.717, 1.165) is 23.5 Å². The van der Waals surface area contributed by atoms with Crippen LogP contribution in [0.25, 0.3) is 17.4 Å². The van der Waals surface area contributed by atoms with Crippen molar-refractivity contribution in [2.45, 2.75) is 26.1 Å². The smallest absolute Gasteiger partial charge is 0.416 e. The Balaban J connectivity index is 1.63. The maximum absolute atomic E-state index is 13.8. The van der Waals surface area contributed by atoms with Gasteiger partial charge in [-0.05, 0) is 44.2 Å². The zero-order valence-electron chi connectivity index (χ0n) is 21.6. The minimum absolute atomic E-state index is 0.144. The lowest BCUT2D eigenvalue weighted by molar-refractivity contribution is -0.139. The summed E-state index contributed by atoms with van der Waals surface area (Å²) in [7, 11) is 1.50. The molecule has 0 radical (unpaired) electrons. The molecule has 206 valence electrons. The van der Waals surface area contributed by atoms with Crippen LogP contribution in [0.1, 0.15) is 36.8 Å². The molecule has 0 amide bonds. The number of rotatable bonds is 6. The van der Waals surface area contributed by atoms with Gasteiger partial charge in [0.2, 0.25) is 0 Å². The summed E-state index contributed by atoms with van der Waals surface area (Å²) in [6.07, 6.45) is -2.98. The predicted molar refractivity (Wildman–Crippen MR) is 143 cm³/mol. The summed E-state index contributed by atoms with van der Waals surface area (Å²) in [5.74, 6) is 0.381. The molecule has 0 saturated carbocycles. The number of esters is 1. The molecule has 0 spiro atoms. The minimum Gasteiger partial charge on any atom is -0.496 e. The average Bonchev–Trinajstić information content (AvgIpc) is 3.52. The number of ether oxygens (including phenoxy) is 2. The normalized spacial score (nSPS) is 15.6. The van der Waals surface area contributed by atoms with Gasteiger partial charge in [-0.3, -0.25) is 9.36 Å². The molecular formula is C29H23F3N2O5S. The van der Waals surface area contributed by atoms with Gasteiger partial charge in [0, 0.05) is 17.2 Å². The number of hydrogen-bond donors (Lipinski definition) is 0. The molecule has 0 fully saturated rings. The van der Waals surface area contributed by atoms with Crippen LogP contribution < -0.4 is 19.6 Å². The van der Waals surface area contributed by atoms with E-state index in [4.69, 9.17) is 13.9 Å². The van der Waals surface area contributed by atoms with E-state index >= 15 is 0 Å². The van der Waals surface area contributed by atoms with Crippen LogP contribution in [0.5, 0.6) is 5.75 Å². The van der Waals surface area contributed by atoms with Crippen LogP contribution in [0, 0.1) is 0 Å². The van der Waals surface area contributed by atoms with Gasteiger partial charge in [-0.2, -0.15) is 13.2 Å². The number of carbonyl (C=O) groups excluding carboxylic acids is 1. The molecule has 1 unspecified atom stereocenters. The van der Waals surface area contributed by atoms with Crippen molar-refractivity contribution in [1.29, 1.82) is 0 Å². The van der Waals surface area contributed by atoms with Crippen molar-refractivity contribution >= 4 is 23.4 Å². The fraction of sp³-hybridized carbons (Fsp3) is 0.207. The summed E-state index contributed by atoms with van der Waals surface area (Å²) < 4.78 is 57.8. The second-order valence-electron chi connectivity index (χ2n) is 8.82. The molecule has 2 aromatic carbocycles. The topological polar surface area (TPSA) is 83.0 Å². The highest BCUT2D eigenvalue weighted by Gasteiger charge is 2.35. The lowest BCUT2D eigenvalue weighted by Gasteiger charge is -2.25. The van der Waals surface area contributed by atoms with Crippen LogP contribution in [-0.2, 0) is 15.7 Å². The van der Waals surface area contributed by atoms with Gasteiger partial charge in [0.1, 0.15) is 23.3 Å². The van der Waals surface area contributed by atoms with E-state index in [2.05, 4.69) is 4.99 Å². The number of furan rings is 1. The third-order valence-electron chi connectivity index (χ3n) is 6.33. The summed E-state index contributed by atoms with van der Waals surface area (Å²) in [6.45, 7) is 3.52. The number of aromatic nitrogens is 1. The number of para-hydroxylation sites is 1. The van der Waals surface area contributed by atoms with Crippen LogP contribution in [0.2, 0.25) is 0 Å². The Bertz CT molecular complexity index is 1810. The number of alkyl halides is 3. The zero-order valence-corrected chi connectivity index (χ0v) is 22.4. The monoisotopic (exact) mass is 568 g/mol. The lowest BCUT2D eigenvalue weighted by Crippen LogP contribution is -2.40. The van der Waals surface area contributed by atoms with E-state index in [1.165, 1.54) is 29.9 Å². The number of methoxy groups -OCH3 is 1. The van der Waals surface area contributed by atoms with Crippen molar-refractivity contribution in [3.63, 3.8) is 0 Å². The summed E-state index contributed by atoms with van der Waals surface area (Å²) in [5.41, 5.74) is 0.245. The van der Waals surface area contributed by atoms with E-state index < -0.39 is 29.3 Å². The van der Waals surface area contributed by atoms with Crippen molar-refractivity contribution in [2.24, 2.45) is 4.99 Å². The number of hydrogen-bond acceptors (Lipinski definition) is 7. The summed E-state index contributed by atoms with van der Waals surface area (Å²) >= 11 is 1.10. The quantitative estimate of drug-likeness (QED) is 0.303. The number of nitrogens with zero attached hydrogens (tertiary/aromatic N) is 2. The SMILES string of the molecule is CCOC(=O)C1=C(C)N=c2s/c(=C\c3ccc(-c4cccc(C(F)(F)F)c4)o3)c(=O)n2C1c1ccccc1OC. The fourth-order valence-electron chi connectivity index (χ4n) is 4.54. The van der Waals surface area contributed by atoms with Crippen molar-refractivity contribution in [2.75, 3.05) is 13.7 Å². The highest BCUT2D eigenvalue weighted by molar-refractivity contribution is 7.07. The number of allylic oxidation sites excluding steroid dienone is 1. The first kappa shape index (κ1) is 27.2. The van der Waals surface area contributed by atoms with E-state index in [1.807, 2.05) is 0 Å². The molecule has 0 aliphatic carbocycles. The molecule has 1 atom stereocenters. The van der Waals surface area contributed by atoms with Crippen molar-refractivity contribution in [1.82, 2.24) is 4.57 Å². The van der Waals surface area contributed by atoms with Gasteiger partial charge >= 0.3 is 12.1 Å².